The SMILES string of the molecule is CCC(Nc1cccc(Cl)c1N(C)C)C(=O)OC. The summed E-state index contributed by atoms with van der Waals surface area (Å²) in [5, 5.41) is 3.81. The first-order valence-electron chi connectivity index (χ1n) is 5.81. The van der Waals surface area contributed by atoms with E-state index in [1.54, 1.807) is 0 Å². The van der Waals surface area contributed by atoms with E-state index in [2.05, 4.69) is 5.32 Å². The first-order chi connectivity index (χ1) is 8.51. The minimum Gasteiger partial charge on any atom is -0.467 e. The molecule has 0 aromatic heterocycles. The van der Waals surface area contributed by atoms with Crippen LogP contribution in [-0.2, 0) is 9.53 Å². The van der Waals surface area contributed by atoms with Gasteiger partial charge in [-0.3, -0.25) is 0 Å². The molecule has 0 aliphatic rings. The third kappa shape index (κ3) is 3.29. The molecule has 5 heteroatoms. The minimum absolute atomic E-state index is 0.276. The Balaban J connectivity index is 3.03. The van der Waals surface area contributed by atoms with Gasteiger partial charge in [0.25, 0.3) is 0 Å². The summed E-state index contributed by atoms with van der Waals surface area (Å²) in [6, 6.07) is 5.20. The van der Waals surface area contributed by atoms with Crippen molar-refractivity contribution in [2.75, 3.05) is 31.4 Å². The second kappa shape index (κ2) is 6.50. The zero-order valence-electron chi connectivity index (χ0n) is 11.2. The topological polar surface area (TPSA) is 41.6 Å². The smallest absolute Gasteiger partial charge is 0.328 e. The first-order valence-corrected chi connectivity index (χ1v) is 6.19. The highest BCUT2D eigenvalue weighted by molar-refractivity contribution is 6.34. The van der Waals surface area contributed by atoms with Crippen molar-refractivity contribution in [1.29, 1.82) is 0 Å². The molecule has 0 spiro atoms. The fourth-order valence-corrected chi connectivity index (χ4v) is 2.09. The Hall–Kier alpha value is -1.42. The Morgan fingerprint density at radius 3 is 2.67 bits per heavy atom. The second-order valence-corrected chi connectivity index (χ2v) is 4.57. The Labute approximate surface area is 113 Å². The van der Waals surface area contributed by atoms with Crippen LogP contribution in [-0.4, -0.2) is 33.2 Å². The molecule has 1 aromatic rings. The quantitative estimate of drug-likeness (QED) is 0.836. The summed E-state index contributed by atoms with van der Waals surface area (Å²) in [6.45, 7) is 1.93. The standard InChI is InChI=1S/C13H19ClN2O2/c1-5-10(13(17)18-4)15-11-8-6-7-9(14)12(11)16(2)3/h6-8,10,15H,5H2,1-4H3. The van der Waals surface area contributed by atoms with Crippen LogP contribution in [0.2, 0.25) is 5.02 Å². The van der Waals surface area contributed by atoms with Gasteiger partial charge in [0.15, 0.2) is 0 Å². The molecule has 18 heavy (non-hydrogen) atoms. The van der Waals surface area contributed by atoms with Crippen molar-refractivity contribution in [2.24, 2.45) is 0 Å². The molecule has 4 nitrogen and oxygen atoms in total. The molecule has 0 radical (unpaired) electrons. The van der Waals surface area contributed by atoms with Crippen LogP contribution in [0.3, 0.4) is 0 Å². The number of ether oxygens (including phenoxy) is 1. The number of hydrogen-bond acceptors (Lipinski definition) is 4. The van der Waals surface area contributed by atoms with Crippen LogP contribution in [0, 0.1) is 0 Å². The van der Waals surface area contributed by atoms with Gasteiger partial charge in [-0.2, -0.15) is 0 Å². The molecule has 1 rings (SSSR count). The van der Waals surface area contributed by atoms with Gasteiger partial charge < -0.3 is 15.0 Å². The lowest BCUT2D eigenvalue weighted by molar-refractivity contribution is -0.141. The Bertz CT molecular complexity index is 421. The molecule has 0 aliphatic carbocycles. The van der Waals surface area contributed by atoms with Gasteiger partial charge in [-0.25, -0.2) is 4.79 Å². The maximum absolute atomic E-state index is 11.6. The van der Waals surface area contributed by atoms with Crippen LogP contribution in [0.5, 0.6) is 0 Å². The van der Waals surface area contributed by atoms with E-state index >= 15 is 0 Å². The highest BCUT2D eigenvalue weighted by atomic mass is 35.5. The molecule has 0 aliphatic heterocycles. The summed E-state index contributed by atoms with van der Waals surface area (Å²) in [6.07, 6.45) is 0.645. The van der Waals surface area contributed by atoms with E-state index in [9.17, 15) is 4.79 Å². The molecule has 1 aromatic carbocycles. The molecule has 0 amide bonds. The number of hydrogen-bond donors (Lipinski definition) is 1. The largest absolute Gasteiger partial charge is 0.467 e. The van der Waals surface area contributed by atoms with Crippen LogP contribution in [0.1, 0.15) is 13.3 Å². The van der Waals surface area contributed by atoms with Gasteiger partial charge in [-0.15, -0.1) is 0 Å². The number of para-hydroxylation sites is 1. The van der Waals surface area contributed by atoms with Crippen molar-refractivity contribution in [3.05, 3.63) is 23.2 Å². The van der Waals surface area contributed by atoms with Crippen LogP contribution in [0.15, 0.2) is 18.2 Å². The van der Waals surface area contributed by atoms with Crippen molar-refractivity contribution < 1.29 is 9.53 Å². The van der Waals surface area contributed by atoms with Crippen molar-refractivity contribution in [2.45, 2.75) is 19.4 Å². The number of nitrogens with one attached hydrogen (secondary N) is 1. The molecule has 0 heterocycles. The van der Waals surface area contributed by atoms with E-state index in [4.69, 9.17) is 16.3 Å². The summed E-state index contributed by atoms with van der Waals surface area (Å²) in [7, 11) is 5.20. The van der Waals surface area contributed by atoms with Crippen molar-refractivity contribution in [3.8, 4) is 0 Å². The zero-order valence-corrected chi connectivity index (χ0v) is 11.9. The fraction of sp³-hybridized carbons (Fsp3) is 0.462. The molecule has 100 valence electrons. The number of nitrogens with zero attached hydrogens (tertiary/aromatic N) is 1. The van der Waals surface area contributed by atoms with E-state index in [1.807, 2.05) is 44.1 Å². The zero-order chi connectivity index (χ0) is 13.7. The molecule has 1 unspecified atom stereocenters. The number of methoxy groups -OCH3 is 1. The third-order valence-corrected chi connectivity index (χ3v) is 2.96. The van der Waals surface area contributed by atoms with Crippen LogP contribution < -0.4 is 10.2 Å². The average Bonchev–Trinajstić information content (AvgIpc) is 2.34. The maximum Gasteiger partial charge on any atom is 0.328 e. The minimum atomic E-state index is -0.368. The summed E-state index contributed by atoms with van der Waals surface area (Å²) in [4.78, 5) is 13.5. The highest BCUT2D eigenvalue weighted by Gasteiger charge is 2.19. The molecular weight excluding hydrogens is 252 g/mol. The average molecular weight is 271 g/mol. The monoisotopic (exact) mass is 270 g/mol. The lowest BCUT2D eigenvalue weighted by atomic mass is 10.2. The summed E-state index contributed by atoms with van der Waals surface area (Å²) in [5.74, 6) is -0.276. The fourth-order valence-electron chi connectivity index (χ4n) is 1.74. The summed E-state index contributed by atoms with van der Waals surface area (Å²) < 4.78 is 4.76. The predicted octanol–water partition coefficient (Wildman–Crippen LogP) is 2.77. The number of benzene rings is 1. The number of carbonyl (C=O) groups excluding carboxylic acids is 1. The highest BCUT2D eigenvalue weighted by Crippen LogP contribution is 2.33. The van der Waals surface area contributed by atoms with E-state index in [0.29, 0.717) is 11.4 Å². The van der Waals surface area contributed by atoms with Gasteiger partial charge in [0, 0.05) is 14.1 Å². The van der Waals surface area contributed by atoms with E-state index < -0.39 is 0 Å². The number of anilines is 2. The van der Waals surface area contributed by atoms with Crippen LogP contribution >= 0.6 is 11.6 Å². The van der Waals surface area contributed by atoms with Gasteiger partial charge in [0.1, 0.15) is 6.04 Å². The van der Waals surface area contributed by atoms with Gasteiger partial charge >= 0.3 is 5.97 Å². The molecule has 0 saturated heterocycles. The Kier molecular flexibility index (Phi) is 5.28. The summed E-state index contributed by atoms with van der Waals surface area (Å²) in [5.41, 5.74) is 1.69. The summed E-state index contributed by atoms with van der Waals surface area (Å²) >= 11 is 6.17. The van der Waals surface area contributed by atoms with Gasteiger partial charge in [0.2, 0.25) is 0 Å². The predicted molar refractivity (Wildman–Crippen MR) is 75.5 cm³/mol. The number of esters is 1. The molecule has 0 fully saturated rings. The Morgan fingerprint density at radius 1 is 1.50 bits per heavy atom. The van der Waals surface area contributed by atoms with Gasteiger partial charge in [0.05, 0.1) is 23.5 Å². The van der Waals surface area contributed by atoms with Crippen molar-refractivity contribution in [1.82, 2.24) is 0 Å². The van der Waals surface area contributed by atoms with Crippen molar-refractivity contribution >= 4 is 28.9 Å². The first kappa shape index (κ1) is 14.6. The lowest BCUT2D eigenvalue weighted by Crippen LogP contribution is -2.30. The molecule has 1 atom stereocenters. The molecule has 0 saturated carbocycles. The number of carbonyl (C=O) groups is 1. The second-order valence-electron chi connectivity index (χ2n) is 4.16. The molecular formula is C13H19ClN2O2. The van der Waals surface area contributed by atoms with Gasteiger partial charge in [-0.05, 0) is 18.6 Å². The number of rotatable bonds is 5. The molecule has 0 bridgehead atoms. The van der Waals surface area contributed by atoms with E-state index in [0.717, 1.165) is 11.4 Å². The van der Waals surface area contributed by atoms with Crippen molar-refractivity contribution in [3.63, 3.8) is 0 Å². The van der Waals surface area contributed by atoms with Crippen LogP contribution in [0.25, 0.3) is 0 Å². The lowest BCUT2D eigenvalue weighted by Gasteiger charge is -2.23. The Morgan fingerprint density at radius 2 is 2.17 bits per heavy atom. The number of halogens is 1. The normalized spacial score (nSPS) is 11.8. The van der Waals surface area contributed by atoms with Gasteiger partial charge in [-0.1, -0.05) is 24.6 Å². The molecule has 1 N–H and O–H groups in total. The van der Waals surface area contributed by atoms with Crippen LogP contribution in [0.4, 0.5) is 11.4 Å². The van der Waals surface area contributed by atoms with E-state index in [-0.39, 0.29) is 12.0 Å². The maximum atomic E-state index is 11.6. The van der Waals surface area contributed by atoms with E-state index in [1.165, 1.54) is 7.11 Å². The third-order valence-electron chi connectivity index (χ3n) is 2.66.